The Bertz CT molecular complexity index is 2780. The molecule has 80 heavy (non-hydrogen) atoms. The number of aromatic hydroxyl groups is 2. The molecule has 1 aliphatic heterocycles. The monoisotopic (exact) mass is 1160 g/mol. The van der Waals surface area contributed by atoms with Gasteiger partial charge < -0.3 is 80.8 Å². The average molecular weight is 1160 g/mol. The molecule has 10 amide bonds. The van der Waals surface area contributed by atoms with Crippen molar-refractivity contribution >= 4 is 92.2 Å². The molecule has 1 unspecified atom stereocenters. The highest BCUT2D eigenvalue weighted by Crippen LogP contribution is 2.24. The summed E-state index contributed by atoms with van der Waals surface area (Å²) < 4.78 is 0. The van der Waals surface area contributed by atoms with Crippen molar-refractivity contribution in [1.29, 1.82) is 0 Å². The Balaban J connectivity index is 1.58. The zero-order chi connectivity index (χ0) is 58.5. The Kier molecular flexibility index (Phi) is 24.7. The first kappa shape index (κ1) is 63.2. The summed E-state index contributed by atoms with van der Waals surface area (Å²) in [6.45, 7) is 1.41. The molecule has 4 aromatic rings. The van der Waals surface area contributed by atoms with Gasteiger partial charge in [0.25, 0.3) is 0 Å². The van der Waals surface area contributed by atoms with Gasteiger partial charge in [0.15, 0.2) is 0 Å². The maximum absolute atomic E-state index is 14.8. The molecular formula is C53H67ClN12O12S2. The Labute approximate surface area is 474 Å². The molecule has 0 aliphatic carbocycles. The van der Waals surface area contributed by atoms with Crippen LogP contribution in [0.4, 0.5) is 10.5 Å². The molecule has 0 saturated carbocycles. The molecule has 0 radical (unpaired) electrons. The van der Waals surface area contributed by atoms with Gasteiger partial charge >= 0.3 is 6.03 Å². The molecule has 19 N–H and O–H groups in total. The highest BCUT2D eigenvalue weighted by Gasteiger charge is 2.36. The molecule has 1 heterocycles. The fraction of sp³-hybridized carbons (Fsp3) is 0.377. The summed E-state index contributed by atoms with van der Waals surface area (Å²) in [4.78, 5) is 125. The number of phenolic OH excluding ortho intramolecular Hbond substituents is 2. The molecule has 27 heteroatoms. The van der Waals surface area contributed by atoms with Gasteiger partial charge in [-0.05, 0) is 110 Å². The van der Waals surface area contributed by atoms with Crippen LogP contribution in [0.15, 0.2) is 97.1 Å². The van der Waals surface area contributed by atoms with Gasteiger partial charge in [0.1, 0.15) is 53.8 Å². The second-order valence-corrected chi connectivity index (χ2v) is 21.9. The van der Waals surface area contributed by atoms with Crippen molar-refractivity contribution in [2.24, 2.45) is 22.9 Å². The zero-order valence-corrected chi connectivity index (χ0v) is 45.9. The number of nitrogens with two attached hydrogens (primary N) is 4. The maximum Gasteiger partial charge on any atom is 0.316 e. The van der Waals surface area contributed by atoms with Crippen LogP contribution in [0.1, 0.15) is 48.4 Å². The summed E-state index contributed by atoms with van der Waals surface area (Å²) in [5, 5.41) is 52.2. The van der Waals surface area contributed by atoms with Crippen molar-refractivity contribution in [3.05, 3.63) is 124 Å². The second-order valence-electron chi connectivity index (χ2n) is 18.9. The zero-order valence-electron chi connectivity index (χ0n) is 43.5. The number of unbranched alkanes of at least 4 members (excludes halogenated alkanes) is 1. The fourth-order valence-corrected chi connectivity index (χ4v) is 10.5. The number of urea groups is 1. The van der Waals surface area contributed by atoms with Crippen LogP contribution in [0.2, 0.25) is 5.02 Å². The predicted octanol–water partition coefficient (Wildman–Crippen LogP) is -0.377. The highest BCUT2D eigenvalue weighted by atomic mass is 35.5. The summed E-state index contributed by atoms with van der Waals surface area (Å²) in [7, 11) is 1.90. The summed E-state index contributed by atoms with van der Waals surface area (Å²) >= 11 is 6.07. The lowest BCUT2D eigenvalue weighted by Gasteiger charge is -2.29. The Morgan fingerprint density at radius 3 is 1.70 bits per heavy atom. The SMILES string of the molecule is C[C@@H](O)[C@@H]1NC(=O)[C@H](CCCCN)NC(=O)[C@@H](Cc2ccc(NC(N)=O)cc2)NC(=O)C(Cc2ccc(O)cc2)NC(=O)[C@@H](NC(=O)[C@H](N)Cc2ccc(Cl)cc2)CSSC[C@@H](C(=O)N[C@H](Cc2ccc(O)cc2)C(N)=O)NC1=O. The van der Waals surface area contributed by atoms with Crippen molar-refractivity contribution in [3.8, 4) is 11.5 Å². The molecule has 1 aliphatic rings. The number of amides is 10. The molecule has 430 valence electrons. The van der Waals surface area contributed by atoms with Crippen molar-refractivity contribution in [2.75, 3.05) is 23.4 Å². The number of aliphatic hydroxyl groups is 1. The first-order chi connectivity index (χ1) is 38.1. The Morgan fingerprint density at radius 1 is 0.650 bits per heavy atom. The molecule has 0 aromatic heterocycles. The normalized spacial score (nSPS) is 20.9. The number of benzene rings is 4. The predicted molar refractivity (Wildman–Crippen MR) is 302 cm³/mol. The number of carbonyl (C=O) groups excluding carboxylic acids is 9. The average Bonchev–Trinajstić information content (AvgIpc) is 3.41. The van der Waals surface area contributed by atoms with E-state index in [-0.39, 0.29) is 68.1 Å². The number of nitrogens with one attached hydrogen (secondary N) is 8. The van der Waals surface area contributed by atoms with Gasteiger partial charge in [-0.15, -0.1) is 0 Å². The van der Waals surface area contributed by atoms with Gasteiger partial charge in [-0.2, -0.15) is 0 Å². The van der Waals surface area contributed by atoms with Gasteiger partial charge in [-0.25, -0.2) is 4.79 Å². The van der Waals surface area contributed by atoms with E-state index in [4.69, 9.17) is 34.5 Å². The van der Waals surface area contributed by atoms with Crippen LogP contribution in [0.25, 0.3) is 0 Å². The van der Waals surface area contributed by atoms with Crippen LogP contribution < -0.4 is 65.5 Å². The van der Waals surface area contributed by atoms with E-state index in [2.05, 4.69) is 42.5 Å². The fourth-order valence-electron chi connectivity index (χ4n) is 8.09. The quantitative estimate of drug-likeness (QED) is 0.0420. The Hall–Kier alpha value is -7.62. The molecule has 0 spiro atoms. The number of carbonyl (C=O) groups is 9. The first-order valence-electron chi connectivity index (χ1n) is 25.3. The molecule has 0 bridgehead atoms. The van der Waals surface area contributed by atoms with Crippen LogP contribution in [0.3, 0.4) is 0 Å². The summed E-state index contributed by atoms with van der Waals surface area (Å²) in [5.74, 6) is -8.06. The molecule has 24 nitrogen and oxygen atoms in total. The third-order valence-corrected chi connectivity index (χ3v) is 15.2. The molecule has 1 fully saturated rings. The second kappa shape index (κ2) is 31.2. The van der Waals surface area contributed by atoms with Crippen LogP contribution in [0, 0.1) is 0 Å². The summed E-state index contributed by atoms with van der Waals surface area (Å²) in [5.41, 5.74) is 25.5. The third kappa shape index (κ3) is 20.6. The van der Waals surface area contributed by atoms with Crippen LogP contribution >= 0.6 is 33.2 Å². The number of hydrogen-bond donors (Lipinski definition) is 15. The molecule has 9 atom stereocenters. The van der Waals surface area contributed by atoms with Gasteiger partial charge in [-0.3, -0.25) is 38.4 Å². The van der Waals surface area contributed by atoms with Gasteiger partial charge in [0.2, 0.25) is 47.3 Å². The number of phenols is 2. The number of halogens is 1. The highest BCUT2D eigenvalue weighted by molar-refractivity contribution is 8.76. The lowest BCUT2D eigenvalue weighted by atomic mass is 10.0. The van der Waals surface area contributed by atoms with E-state index >= 15 is 0 Å². The Morgan fingerprint density at radius 2 is 1.15 bits per heavy atom. The number of anilines is 1. The molecule has 4 aromatic carbocycles. The summed E-state index contributed by atoms with van der Waals surface area (Å²) in [6.07, 6.45) is -1.57. The van der Waals surface area contributed by atoms with Crippen LogP contribution in [-0.2, 0) is 64.0 Å². The van der Waals surface area contributed by atoms with E-state index in [1.54, 1.807) is 36.4 Å². The number of hydrogen-bond acceptors (Lipinski definition) is 16. The number of aliphatic hydroxyl groups excluding tert-OH is 1. The van der Waals surface area contributed by atoms with E-state index in [1.165, 1.54) is 67.6 Å². The first-order valence-corrected chi connectivity index (χ1v) is 28.2. The molecular weight excluding hydrogens is 1100 g/mol. The standard InChI is InChI=1S/C53H67ClN12O12S2/c1-28(67)44-52(77)65-43(50(75)61-39(45(57)70)23-31-9-17-35(68)18-10-31)27-80-79-26-42(64-46(71)37(56)22-29-5-13-33(54)14-6-29)51(76)63-41(25-32-11-19-36(69)20-12-32)49(74)62-40(24-30-7-15-34(16-8-30)59-53(58)78)48(73)60-38(47(72)66-44)4-2-3-21-55/h5-20,28,37-44,67-69H,2-4,21-27,55-56H2,1H3,(H2,57,70)(H,60,73)(H,61,75)(H,62,74)(H,63,76)(H,64,71)(H,65,77)(H,66,72)(H3,58,59,78)/t28-,37-,38+,39-,40-,41?,42+,43+,44+/m1/s1. The largest absolute Gasteiger partial charge is 0.508 e. The number of rotatable bonds is 19. The van der Waals surface area contributed by atoms with Crippen molar-refractivity contribution in [1.82, 2.24) is 37.2 Å². The van der Waals surface area contributed by atoms with Crippen molar-refractivity contribution in [2.45, 2.75) is 106 Å². The van der Waals surface area contributed by atoms with E-state index in [0.29, 0.717) is 39.4 Å². The lowest BCUT2D eigenvalue weighted by molar-refractivity contribution is -0.136. The van der Waals surface area contributed by atoms with E-state index in [9.17, 15) is 58.5 Å². The van der Waals surface area contributed by atoms with Gasteiger partial charge in [-0.1, -0.05) is 81.7 Å². The van der Waals surface area contributed by atoms with Crippen molar-refractivity contribution < 1.29 is 58.5 Å². The van der Waals surface area contributed by atoms with E-state index < -0.39 is 108 Å². The van der Waals surface area contributed by atoms with E-state index in [0.717, 1.165) is 21.6 Å². The minimum Gasteiger partial charge on any atom is -0.508 e. The smallest absolute Gasteiger partial charge is 0.316 e. The van der Waals surface area contributed by atoms with Gasteiger partial charge in [0, 0.05) is 41.5 Å². The van der Waals surface area contributed by atoms with Crippen LogP contribution in [0.5, 0.6) is 11.5 Å². The number of primary amides is 2. The lowest BCUT2D eigenvalue weighted by Crippen LogP contribution is -2.62. The van der Waals surface area contributed by atoms with Gasteiger partial charge in [0.05, 0.1) is 12.1 Å². The maximum atomic E-state index is 14.8. The molecule has 1 saturated heterocycles. The minimum absolute atomic E-state index is 0.0241. The van der Waals surface area contributed by atoms with Crippen LogP contribution in [-0.4, -0.2) is 141 Å². The summed E-state index contributed by atoms with van der Waals surface area (Å²) in [6, 6.07) is 11.6. The molecule has 5 rings (SSSR count). The van der Waals surface area contributed by atoms with E-state index in [1.807, 2.05) is 0 Å². The third-order valence-electron chi connectivity index (χ3n) is 12.5. The van der Waals surface area contributed by atoms with Crippen molar-refractivity contribution in [3.63, 3.8) is 0 Å². The minimum atomic E-state index is -1.76. The topological polar surface area (TPSA) is 415 Å².